The first-order valence-electron chi connectivity index (χ1n) is 18.0. The van der Waals surface area contributed by atoms with Gasteiger partial charge < -0.3 is 29.6 Å². The maximum Gasteiger partial charge on any atom is 0.416 e. The Kier molecular flexibility index (Phi) is 14.6. The molecule has 60 heavy (non-hydrogen) atoms. The monoisotopic (exact) mass is 874 g/mol. The minimum absolute atomic E-state index is 0.0657. The largest absolute Gasteiger partial charge is 0.416 e. The van der Waals surface area contributed by atoms with Gasteiger partial charge in [-0.25, -0.2) is 8.78 Å². The summed E-state index contributed by atoms with van der Waals surface area (Å²) in [6, 6.07) is 12.4. The average molecular weight is 875 g/mol. The third-order valence-corrected chi connectivity index (χ3v) is 9.33. The lowest BCUT2D eigenvalue weighted by Crippen LogP contribution is -2.43. The van der Waals surface area contributed by atoms with Crippen molar-refractivity contribution in [1.82, 2.24) is 10.6 Å². The Morgan fingerprint density at radius 3 is 1.03 bits per heavy atom. The van der Waals surface area contributed by atoms with E-state index in [0.29, 0.717) is 48.5 Å². The number of halogens is 14. The molecular weight excluding hydrogens is 838 g/mol. The highest BCUT2D eigenvalue weighted by Crippen LogP contribution is 2.41. The quantitative estimate of drug-likeness (QED) is 0.172. The van der Waals surface area contributed by atoms with Gasteiger partial charge in [-0.05, 0) is 96.8 Å². The molecule has 6 nitrogen and oxygen atoms in total. The number of hydrogen-bond acceptors (Lipinski definition) is 6. The van der Waals surface area contributed by atoms with Crippen molar-refractivity contribution in [1.29, 1.82) is 0 Å². The summed E-state index contributed by atoms with van der Waals surface area (Å²) >= 11 is 0. The maximum absolute atomic E-state index is 13.2. The van der Waals surface area contributed by atoms with Crippen LogP contribution in [0.4, 0.5) is 61.5 Å². The molecule has 0 saturated carbocycles. The van der Waals surface area contributed by atoms with Gasteiger partial charge >= 0.3 is 24.7 Å². The summed E-state index contributed by atoms with van der Waals surface area (Å²) < 4.78 is 206. The van der Waals surface area contributed by atoms with E-state index >= 15 is 0 Å². The maximum atomic E-state index is 13.2. The number of morpholine rings is 2. The number of ether oxygens (including phenoxy) is 4. The van der Waals surface area contributed by atoms with Gasteiger partial charge in [0.15, 0.2) is 12.6 Å². The van der Waals surface area contributed by atoms with Gasteiger partial charge in [0.25, 0.3) is 0 Å². The normalized spacial score (nSPS) is 21.5. The molecule has 2 fully saturated rings. The molecule has 2 N–H and O–H groups in total. The van der Waals surface area contributed by atoms with Gasteiger partial charge in [0.05, 0.1) is 59.8 Å². The van der Waals surface area contributed by atoms with E-state index in [1.807, 2.05) is 0 Å². The average Bonchev–Trinajstić information content (AvgIpc) is 3.17. The van der Waals surface area contributed by atoms with Crippen molar-refractivity contribution in [2.24, 2.45) is 0 Å². The first-order valence-corrected chi connectivity index (χ1v) is 18.0. The van der Waals surface area contributed by atoms with Crippen LogP contribution < -0.4 is 10.6 Å². The first-order chi connectivity index (χ1) is 27.9. The standard InChI is InChI=1S/2C20H18F7NO2/c2*1-11(13-8-14(19(22,23)24)10-15(9-13)20(25,26)27)30-18-17(28-6-7-29-18)12-2-4-16(21)5-3-12/h2*2-5,8-11,17-18,28H,6-7H2,1H3/t2*11-,17-,18-/m10/s1. The summed E-state index contributed by atoms with van der Waals surface area (Å²) in [5.41, 5.74) is -5.03. The zero-order chi connectivity index (χ0) is 44.2. The molecule has 0 radical (unpaired) electrons. The molecule has 2 heterocycles. The lowest BCUT2D eigenvalue weighted by molar-refractivity contribution is -0.200. The zero-order valence-corrected chi connectivity index (χ0v) is 31.3. The summed E-state index contributed by atoms with van der Waals surface area (Å²) in [5, 5.41) is 6.20. The molecular formula is C40H36F14N2O4. The number of alkyl halides is 12. The van der Waals surface area contributed by atoms with Crippen molar-refractivity contribution in [3.05, 3.63) is 141 Å². The minimum atomic E-state index is -4.95. The van der Waals surface area contributed by atoms with E-state index in [1.54, 1.807) is 0 Å². The molecule has 0 spiro atoms. The van der Waals surface area contributed by atoms with Crippen LogP contribution in [0.1, 0.15) is 82.6 Å². The Labute approximate surface area is 333 Å². The Morgan fingerprint density at radius 1 is 0.483 bits per heavy atom. The van der Waals surface area contributed by atoms with Crippen molar-refractivity contribution in [2.45, 2.75) is 75.4 Å². The summed E-state index contributed by atoms with van der Waals surface area (Å²) in [5.74, 6) is -0.907. The lowest BCUT2D eigenvalue weighted by Gasteiger charge is -2.34. The fourth-order valence-electron chi connectivity index (χ4n) is 6.28. The van der Waals surface area contributed by atoms with E-state index in [0.717, 1.165) is 0 Å². The highest BCUT2D eigenvalue weighted by Gasteiger charge is 2.40. The predicted octanol–water partition coefficient (Wildman–Crippen LogP) is 11.3. The lowest BCUT2D eigenvalue weighted by atomic mass is 10.0. The van der Waals surface area contributed by atoms with Crippen molar-refractivity contribution in [3.63, 3.8) is 0 Å². The molecule has 0 aromatic heterocycles. The van der Waals surface area contributed by atoms with Crippen LogP contribution in [-0.2, 0) is 43.7 Å². The van der Waals surface area contributed by atoms with Crippen molar-refractivity contribution < 1.29 is 80.4 Å². The minimum Gasteiger partial charge on any atom is -0.349 e. The van der Waals surface area contributed by atoms with Gasteiger partial charge in [0, 0.05) is 13.1 Å². The van der Waals surface area contributed by atoms with E-state index < -0.39 is 95.5 Å². The topological polar surface area (TPSA) is 61.0 Å². The second-order valence-electron chi connectivity index (χ2n) is 13.7. The van der Waals surface area contributed by atoms with E-state index in [9.17, 15) is 61.5 Å². The molecule has 0 unspecified atom stereocenters. The molecule has 0 aliphatic carbocycles. The third-order valence-electron chi connectivity index (χ3n) is 9.33. The van der Waals surface area contributed by atoms with Crippen LogP contribution >= 0.6 is 0 Å². The van der Waals surface area contributed by atoms with Crippen LogP contribution in [-0.4, -0.2) is 38.9 Å². The fraction of sp³-hybridized carbons (Fsp3) is 0.400. The van der Waals surface area contributed by atoms with E-state index in [4.69, 9.17) is 18.9 Å². The van der Waals surface area contributed by atoms with E-state index in [2.05, 4.69) is 10.6 Å². The van der Waals surface area contributed by atoms with Gasteiger partial charge in [-0.15, -0.1) is 0 Å². The number of benzene rings is 4. The van der Waals surface area contributed by atoms with Gasteiger partial charge in [-0.3, -0.25) is 0 Å². The molecule has 4 aromatic carbocycles. The van der Waals surface area contributed by atoms with Crippen molar-refractivity contribution in [3.8, 4) is 0 Å². The molecule has 2 aliphatic rings. The summed E-state index contributed by atoms with van der Waals surface area (Å²) in [6.45, 7) is 4.03. The van der Waals surface area contributed by atoms with Crippen LogP contribution in [0.3, 0.4) is 0 Å². The van der Waals surface area contributed by atoms with Crippen LogP contribution in [0.15, 0.2) is 84.9 Å². The first kappa shape index (κ1) is 46.7. The molecule has 0 amide bonds. The zero-order valence-electron chi connectivity index (χ0n) is 31.3. The highest BCUT2D eigenvalue weighted by atomic mass is 19.4. The molecule has 20 heteroatoms. The summed E-state index contributed by atoms with van der Waals surface area (Å²) in [4.78, 5) is 0. The molecule has 2 aliphatic heterocycles. The second-order valence-corrected chi connectivity index (χ2v) is 13.7. The van der Waals surface area contributed by atoms with Gasteiger partial charge in [0.2, 0.25) is 0 Å². The smallest absolute Gasteiger partial charge is 0.349 e. The number of nitrogens with one attached hydrogen (secondary N) is 2. The highest BCUT2D eigenvalue weighted by molar-refractivity contribution is 5.36. The molecule has 6 atom stereocenters. The van der Waals surface area contributed by atoms with Crippen molar-refractivity contribution in [2.75, 3.05) is 26.3 Å². The predicted molar refractivity (Wildman–Crippen MR) is 186 cm³/mol. The fourth-order valence-corrected chi connectivity index (χ4v) is 6.28. The second kappa shape index (κ2) is 18.7. The molecule has 328 valence electrons. The Morgan fingerprint density at radius 2 is 0.767 bits per heavy atom. The van der Waals surface area contributed by atoms with Gasteiger partial charge in [-0.1, -0.05) is 24.3 Å². The molecule has 2 saturated heterocycles. The van der Waals surface area contributed by atoms with Gasteiger partial charge in [0.1, 0.15) is 11.6 Å². The Bertz CT molecular complexity index is 1810. The molecule has 6 rings (SSSR count). The number of hydrogen-bond donors (Lipinski definition) is 2. The Hall–Kier alpha value is -4.34. The van der Waals surface area contributed by atoms with E-state index in [1.165, 1.54) is 62.4 Å². The molecule has 0 bridgehead atoms. The van der Waals surface area contributed by atoms with Crippen LogP contribution in [0.2, 0.25) is 0 Å². The summed E-state index contributed by atoms with van der Waals surface area (Å²) in [7, 11) is 0. The molecule has 4 aromatic rings. The third kappa shape index (κ3) is 12.4. The van der Waals surface area contributed by atoms with Crippen LogP contribution in [0, 0.1) is 11.6 Å². The number of rotatable bonds is 8. The van der Waals surface area contributed by atoms with E-state index in [-0.39, 0.29) is 36.5 Å². The van der Waals surface area contributed by atoms with Crippen molar-refractivity contribution >= 4 is 0 Å². The Balaban J connectivity index is 0.000000228. The SMILES string of the molecule is C[C@@H](O[C@H]1OCCN[C@@H]1c1ccc(F)cc1)c1cc(C(F)(F)F)cc(C(F)(F)F)c1.C[C@H](O[C@@H]1OCCN[C@H]1c1ccc(F)cc1)c1cc(C(F)(F)F)cc(C(F)(F)F)c1. The van der Waals surface area contributed by atoms with Crippen LogP contribution in [0.25, 0.3) is 0 Å². The van der Waals surface area contributed by atoms with Crippen LogP contribution in [0.5, 0.6) is 0 Å². The summed E-state index contributed by atoms with van der Waals surface area (Å²) in [6.07, 6.45) is -24.1. The van der Waals surface area contributed by atoms with Gasteiger partial charge in [-0.2, -0.15) is 52.7 Å².